The first kappa shape index (κ1) is 22.1. The number of carbonyl (C=O) groups excluding carboxylic acids is 1. The van der Waals surface area contributed by atoms with E-state index in [1.54, 1.807) is 19.3 Å². The van der Waals surface area contributed by atoms with Crippen LogP contribution in [0.5, 0.6) is 0 Å². The highest BCUT2D eigenvalue weighted by molar-refractivity contribution is 6.10. The Hall–Kier alpha value is -4.58. The van der Waals surface area contributed by atoms with Gasteiger partial charge in [0.15, 0.2) is 0 Å². The van der Waals surface area contributed by atoms with Crippen LogP contribution in [0.2, 0.25) is 0 Å². The van der Waals surface area contributed by atoms with Gasteiger partial charge in [0.25, 0.3) is 5.91 Å². The lowest BCUT2D eigenvalue weighted by Gasteiger charge is -2.15. The molecule has 0 aliphatic rings. The van der Waals surface area contributed by atoms with Crippen LogP contribution in [-0.4, -0.2) is 32.9 Å². The molecule has 4 aromatic rings. The van der Waals surface area contributed by atoms with E-state index in [2.05, 4.69) is 20.3 Å². The van der Waals surface area contributed by atoms with Crippen molar-refractivity contribution in [1.29, 1.82) is 5.26 Å². The molecule has 0 saturated carbocycles. The van der Waals surface area contributed by atoms with Gasteiger partial charge in [0, 0.05) is 24.5 Å². The van der Waals surface area contributed by atoms with E-state index in [0.717, 1.165) is 28.8 Å². The van der Waals surface area contributed by atoms with E-state index < -0.39 is 0 Å². The molecule has 0 unspecified atom stereocenters. The smallest absolute Gasteiger partial charge is 0.254 e. The maximum Gasteiger partial charge on any atom is 0.254 e. The molecule has 9 nitrogen and oxygen atoms in total. The normalized spacial score (nSPS) is 10.0. The van der Waals surface area contributed by atoms with Gasteiger partial charge in [-0.2, -0.15) is 5.26 Å². The standard InChI is InChI=1S/C18H17N3O.C5H5N5/c1-3-13-15(12-8-5-4-6-9-12)16(18(22)19-2)17-14(21-13)10-7-11-20-17;6-1-3-4(7)9-2-10-5(3)8/h4-11H,3H2,1-2H3,(H,19,22);2H,(H4,7,8,9,10). The molecule has 0 bridgehead atoms. The molecule has 0 fully saturated rings. The highest BCUT2D eigenvalue weighted by Gasteiger charge is 2.21. The summed E-state index contributed by atoms with van der Waals surface area (Å²) in [7, 11) is 1.64. The monoisotopic (exact) mass is 426 g/mol. The highest BCUT2D eigenvalue weighted by atomic mass is 16.1. The second-order valence-corrected chi connectivity index (χ2v) is 6.61. The molecule has 0 saturated heterocycles. The lowest BCUT2D eigenvalue weighted by Crippen LogP contribution is -2.20. The van der Waals surface area contributed by atoms with E-state index in [4.69, 9.17) is 21.7 Å². The van der Waals surface area contributed by atoms with Crippen LogP contribution in [0.1, 0.15) is 28.5 Å². The van der Waals surface area contributed by atoms with Crippen molar-refractivity contribution >= 4 is 28.6 Å². The molecule has 5 N–H and O–H groups in total. The number of nitrogens with one attached hydrogen (secondary N) is 1. The van der Waals surface area contributed by atoms with Crippen molar-refractivity contribution in [3.05, 3.63) is 71.8 Å². The molecule has 3 heterocycles. The number of carbonyl (C=O) groups is 1. The second-order valence-electron chi connectivity index (χ2n) is 6.61. The lowest BCUT2D eigenvalue weighted by molar-refractivity contribution is 0.0965. The van der Waals surface area contributed by atoms with Gasteiger partial charge in [-0.1, -0.05) is 37.3 Å². The quantitative estimate of drug-likeness (QED) is 0.451. The number of nitrogen functional groups attached to an aromatic ring is 2. The maximum atomic E-state index is 12.5. The fourth-order valence-corrected chi connectivity index (χ4v) is 3.19. The Bertz CT molecular complexity index is 1280. The third-order valence-corrected chi connectivity index (χ3v) is 4.69. The fraction of sp³-hybridized carbons (Fsp3) is 0.130. The number of fused-ring (bicyclic) bond motifs is 1. The van der Waals surface area contributed by atoms with Gasteiger partial charge in [0.2, 0.25) is 0 Å². The molecule has 3 aromatic heterocycles. The SMILES string of the molecule is CCc1nc2cccnc2c(C(=O)NC)c1-c1ccccc1.N#Cc1c(N)ncnc1N. The molecule has 1 amide bonds. The van der Waals surface area contributed by atoms with Crippen LogP contribution in [0.15, 0.2) is 55.0 Å². The summed E-state index contributed by atoms with van der Waals surface area (Å²) in [5.74, 6) is 0.102. The molecule has 1 aromatic carbocycles. The van der Waals surface area contributed by atoms with Crippen LogP contribution in [0.25, 0.3) is 22.2 Å². The molecule has 0 aliphatic heterocycles. The van der Waals surface area contributed by atoms with Gasteiger partial charge in [-0.05, 0) is 24.1 Å². The molecule has 160 valence electrons. The minimum Gasteiger partial charge on any atom is -0.382 e. The molecule has 0 atom stereocenters. The van der Waals surface area contributed by atoms with Crippen molar-refractivity contribution < 1.29 is 4.79 Å². The lowest BCUT2D eigenvalue weighted by atomic mass is 9.95. The van der Waals surface area contributed by atoms with Crippen LogP contribution in [0, 0.1) is 11.3 Å². The third-order valence-electron chi connectivity index (χ3n) is 4.69. The Kier molecular flexibility index (Phi) is 6.88. The first-order valence-electron chi connectivity index (χ1n) is 9.82. The number of aromatic nitrogens is 4. The zero-order valence-corrected chi connectivity index (χ0v) is 17.7. The number of nitriles is 1. The second kappa shape index (κ2) is 9.95. The maximum absolute atomic E-state index is 12.5. The number of pyridine rings is 2. The number of amides is 1. The van der Waals surface area contributed by atoms with E-state index in [9.17, 15) is 4.79 Å². The predicted octanol–water partition coefficient (Wildman–Crippen LogP) is 2.73. The molecular weight excluding hydrogens is 404 g/mol. The number of anilines is 2. The van der Waals surface area contributed by atoms with Crippen molar-refractivity contribution in [2.45, 2.75) is 13.3 Å². The van der Waals surface area contributed by atoms with E-state index in [-0.39, 0.29) is 23.1 Å². The van der Waals surface area contributed by atoms with E-state index in [1.807, 2.05) is 49.4 Å². The summed E-state index contributed by atoms with van der Waals surface area (Å²) in [6.45, 7) is 2.05. The van der Waals surface area contributed by atoms with Gasteiger partial charge in [-0.15, -0.1) is 0 Å². The van der Waals surface area contributed by atoms with Gasteiger partial charge in [-0.3, -0.25) is 14.8 Å². The van der Waals surface area contributed by atoms with Crippen LogP contribution < -0.4 is 16.8 Å². The van der Waals surface area contributed by atoms with Gasteiger partial charge < -0.3 is 16.8 Å². The fourth-order valence-electron chi connectivity index (χ4n) is 3.19. The van der Waals surface area contributed by atoms with Crippen molar-refractivity contribution in [3.8, 4) is 17.2 Å². The Labute approximate surface area is 185 Å². The summed E-state index contributed by atoms with van der Waals surface area (Å²) in [6.07, 6.45) is 3.65. The van der Waals surface area contributed by atoms with Crippen molar-refractivity contribution in [3.63, 3.8) is 0 Å². The molecule has 0 radical (unpaired) electrons. The van der Waals surface area contributed by atoms with E-state index in [1.165, 1.54) is 6.33 Å². The Morgan fingerprint density at radius 2 is 1.75 bits per heavy atom. The van der Waals surface area contributed by atoms with Gasteiger partial charge in [-0.25, -0.2) is 9.97 Å². The molecular formula is C23H22N8O. The summed E-state index contributed by atoms with van der Waals surface area (Å²) >= 11 is 0. The molecule has 9 heteroatoms. The van der Waals surface area contributed by atoms with E-state index in [0.29, 0.717) is 11.1 Å². The molecule has 4 rings (SSSR count). The van der Waals surface area contributed by atoms with Crippen molar-refractivity contribution in [2.24, 2.45) is 0 Å². The molecule has 32 heavy (non-hydrogen) atoms. The summed E-state index contributed by atoms with van der Waals surface area (Å²) < 4.78 is 0. The first-order chi connectivity index (χ1) is 15.5. The minimum atomic E-state index is -0.139. The summed E-state index contributed by atoms with van der Waals surface area (Å²) in [5.41, 5.74) is 15.4. The molecule has 0 spiro atoms. The van der Waals surface area contributed by atoms with Crippen LogP contribution in [-0.2, 0) is 6.42 Å². The highest BCUT2D eigenvalue weighted by Crippen LogP contribution is 2.31. The zero-order valence-electron chi connectivity index (χ0n) is 17.7. The summed E-state index contributed by atoms with van der Waals surface area (Å²) in [6, 6.07) is 15.4. The average molecular weight is 426 g/mol. The van der Waals surface area contributed by atoms with E-state index >= 15 is 0 Å². The molecule has 0 aliphatic carbocycles. The third kappa shape index (κ3) is 4.44. The van der Waals surface area contributed by atoms with Crippen LogP contribution >= 0.6 is 0 Å². The summed E-state index contributed by atoms with van der Waals surface area (Å²) in [5, 5.41) is 11.1. The number of nitrogens with two attached hydrogens (primary N) is 2. The number of aryl methyl sites for hydroxylation is 1. The largest absolute Gasteiger partial charge is 0.382 e. The first-order valence-corrected chi connectivity index (χ1v) is 9.82. The number of benzene rings is 1. The zero-order chi connectivity index (χ0) is 23.1. The van der Waals surface area contributed by atoms with Gasteiger partial charge in [0.05, 0.1) is 11.1 Å². The number of hydrogen-bond donors (Lipinski definition) is 3. The van der Waals surface area contributed by atoms with Crippen molar-refractivity contribution in [2.75, 3.05) is 18.5 Å². The number of rotatable bonds is 3. The number of nitrogens with zero attached hydrogens (tertiary/aromatic N) is 5. The van der Waals surface area contributed by atoms with Crippen molar-refractivity contribution in [1.82, 2.24) is 25.3 Å². The topological polar surface area (TPSA) is 156 Å². The Morgan fingerprint density at radius 3 is 2.31 bits per heavy atom. The van der Waals surface area contributed by atoms with Gasteiger partial charge >= 0.3 is 0 Å². The van der Waals surface area contributed by atoms with Crippen LogP contribution in [0.4, 0.5) is 11.6 Å². The summed E-state index contributed by atoms with van der Waals surface area (Å²) in [4.78, 5) is 28.8. The Morgan fingerprint density at radius 1 is 1.06 bits per heavy atom. The Balaban J connectivity index is 0.000000243. The van der Waals surface area contributed by atoms with Crippen LogP contribution in [0.3, 0.4) is 0 Å². The predicted molar refractivity (Wildman–Crippen MR) is 123 cm³/mol. The average Bonchev–Trinajstić information content (AvgIpc) is 2.83. The minimum absolute atomic E-state index is 0.120. The number of hydrogen-bond acceptors (Lipinski definition) is 8. The van der Waals surface area contributed by atoms with Gasteiger partial charge in [0.1, 0.15) is 35.1 Å².